The van der Waals surface area contributed by atoms with Crippen molar-refractivity contribution in [3.8, 4) is 17.2 Å². The van der Waals surface area contributed by atoms with Gasteiger partial charge in [-0.25, -0.2) is 0 Å². The van der Waals surface area contributed by atoms with Crippen molar-refractivity contribution < 1.29 is 4.79 Å². The second-order valence-electron chi connectivity index (χ2n) is 7.10. The number of rotatable bonds is 4. The normalized spacial score (nSPS) is 14.5. The van der Waals surface area contributed by atoms with Gasteiger partial charge in [0.25, 0.3) is 5.56 Å². The van der Waals surface area contributed by atoms with E-state index in [9.17, 15) is 14.9 Å². The van der Waals surface area contributed by atoms with Gasteiger partial charge in [0.1, 0.15) is 6.07 Å². The Bertz CT molecular complexity index is 1130. The van der Waals surface area contributed by atoms with E-state index >= 15 is 0 Å². The molecule has 0 atom stereocenters. The smallest absolute Gasteiger partial charge is 0.258 e. The van der Waals surface area contributed by atoms with E-state index in [1.54, 1.807) is 0 Å². The molecule has 1 aliphatic rings. The molecule has 136 valence electrons. The van der Waals surface area contributed by atoms with Gasteiger partial charge in [0.2, 0.25) is 5.91 Å². The third kappa shape index (κ3) is 3.02. The van der Waals surface area contributed by atoms with Gasteiger partial charge in [-0.05, 0) is 24.0 Å². The van der Waals surface area contributed by atoms with Gasteiger partial charge in [-0.1, -0.05) is 37.1 Å². The van der Waals surface area contributed by atoms with Crippen molar-refractivity contribution in [2.45, 2.75) is 38.1 Å². The maximum Gasteiger partial charge on any atom is 0.258 e. The molecule has 1 fully saturated rings. The predicted molar refractivity (Wildman–Crippen MR) is 103 cm³/mol. The summed E-state index contributed by atoms with van der Waals surface area (Å²) in [6.07, 6.45) is 8.02. The molecule has 0 bridgehead atoms. The number of nitrogens with zero attached hydrogens (tertiary/aromatic N) is 2. The van der Waals surface area contributed by atoms with E-state index in [-0.39, 0.29) is 12.0 Å². The van der Waals surface area contributed by atoms with E-state index in [0.29, 0.717) is 22.5 Å². The van der Waals surface area contributed by atoms with Gasteiger partial charge < -0.3 is 15.3 Å². The van der Waals surface area contributed by atoms with Gasteiger partial charge in [0.15, 0.2) is 0 Å². The summed E-state index contributed by atoms with van der Waals surface area (Å²) >= 11 is 0. The maximum atomic E-state index is 12.7. The molecule has 1 amide bonds. The fourth-order valence-electron chi connectivity index (χ4n) is 4.13. The van der Waals surface area contributed by atoms with E-state index in [0.717, 1.165) is 42.4 Å². The summed E-state index contributed by atoms with van der Waals surface area (Å²) in [5.41, 5.74) is 8.70. The van der Waals surface area contributed by atoms with Crippen molar-refractivity contribution in [2.75, 3.05) is 0 Å². The average molecular weight is 360 g/mol. The molecule has 0 unspecified atom stereocenters. The highest BCUT2D eigenvalue weighted by molar-refractivity contribution is 5.98. The van der Waals surface area contributed by atoms with Crippen LogP contribution in [0.15, 0.2) is 41.5 Å². The van der Waals surface area contributed by atoms with Crippen molar-refractivity contribution >= 4 is 16.8 Å². The Balaban J connectivity index is 1.98. The number of primary amides is 1. The number of fused-ring (bicyclic) bond motifs is 1. The quantitative estimate of drug-likeness (QED) is 0.747. The number of H-pyrrole nitrogens is 1. The maximum absolute atomic E-state index is 12.7. The summed E-state index contributed by atoms with van der Waals surface area (Å²) in [5.74, 6) is -0.398. The van der Waals surface area contributed by atoms with Crippen LogP contribution in [0.4, 0.5) is 0 Å². The van der Waals surface area contributed by atoms with Crippen LogP contribution in [-0.2, 0) is 11.2 Å². The number of nitrogens with two attached hydrogens (primary N) is 1. The molecular formula is C21H20N4O2. The van der Waals surface area contributed by atoms with Crippen LogP contribution < -0.4 is 11.3 Å². The predicted octanol–water partition coefficient (Wildman–Crippen LogP) is 3.01. The van der Waals surface area contributed by atoms with Crippen LogP contribution in [0, 0.1) is 11.3 Å². The molecule has 6 heteroatoms. The number of hydrogen-bond donors (Lipinski definition) is 2. The highest BCUT2D eigenvalue weighted by atomic mass is 16.1. The monoisotopic (exact) mass is 360 g/mol. The highest BCUT2D eigenvalue weighted by Crippen LogP contribution is 2.37. The van der Waals surface area contributed by atoms with E-state index in [1.165, 1.54) is 6.20 Å². The number of pyridine rings is 1. The third-order valence-corrected chi connectivity index (χ3v) is 5.32. The number of amides is 1. The number of aromatic amines is 1. The van der Waals surface area contributed by atoms with Crippen molar-refractivity contribution in [3.63, 3.8) is 0 Å². The summed E-state index contributed by atoms with van der Waals surface area (Å²) in [6.45, 7) is 0. The van der Waals surface area contributed by atoms with Crippen molar-refractivity contribution in [3.05, 3.63) is 58.1 Å². The summed E-state index contributed by atoms with van der Waals surface area (Å²) in [4.78, 5) is 26.6. The van der Waals surface area contributed by atoms with E-state index < -0.39 is 5.91 Å². The van der Waals surface area contributed by atoms with Crippen LogP contribution in [0.5, 0.6) is 0 Å². The minimum Gasteiger partial charge on any atom is -0.369 e. The standard InChI is InChI=1S/C21H20N4O2/c22-10-15-11-24-21(27)19-17(12-25(20(15)19)16-6-1-2-7-16)14-5-3-4-13(8-14)9-18(23)26/h3-5,8,11-12,16H,1-2,6-7,9H2,(H2,23,26)(H,24,27). The molecular weight excluding hydrogens is 340 g/mol. The molecule has 0 saturated heterocycles. The zero-order chi connectivity index (χ0) is 19.0. The molecule has 2 aromatic heterocycles. The Morgan fingerprint density at radius 3 is 2.81 bits per heavy atom. The molecule has 4 rings (SSSR count). The third-order valence-electron chi connectivity index (χ3n) is 5.32. The SMILES string of the molecule is N#Cc1c[nH]c(=O)c2c(-c3cccc(CC(N)=O)c3)cn(C3CCCC3)c12. The molecule has 2 heterocycles. The van der Waals surface area contributed by atoms with Crippen LogP contribution in [-0.4, -0.2) is 15.5 Å². The lowest BCUT2D eigenvalue weighted by molar-refractivity contribution is -0.117. The molecule has 3 aromatic rings. The van der Waals surface area contributed by atoms with Gasteiger partial charge in [0.05, 0.1) is 22.9 Å². The second-order valence-corrected chi connectivity index (χ2v) is 7.10. The minimum atomic E-state index is -0.398. The number of nitrogens with one attached hydrogen (secondary N) is 1. The number of nitriles is 1. The Hall–Kier alpha value is -3.33. The van der Waals surface area contributed by atoms with E-state index in [2.05, 4.69) is 15.6 Å². The first-order chi connectivity index (χ1) is 13.1. The molecule has 0 radical (unpaired) electrons. The fourth-order valence-corrected chi connectivity index (χ4v) is 4.13. The molecule has 0 spiro atoms. The molecule has 1 aromatic carbocycles. The van der Waals surface area contributed by atoms with Gasteiger partial charge >= 0.3 is 0 Å². The van der Waals surface area contributed by atoms with Crippen LogP contribution in [0.25, 0.3) is 22.0 Å². The Morgan fingerprint density at radius 2 is 2.11 bits per heavy atom. The summed E-state index contributed by atoms with van der Waals surface area (Å²) in [5, 5.41) is 10.1. The summed E-state index contributed by atoms with van der Waals surface area (Å²) < 4.78 is 2.10. The first-order valence-corrected chi connectivity index (χ1v) is 9.12. The van der Waals surface area contributed by atoms with Gasteiger partial charge in [-0.3, -0.25) is 9.59 Å². The molecule has 1 aliphatic carbocycles. The topological polar surface area (TPSA) is 105 Å². The van der Waals surface area contributed by atoms with Crippen molar-refractivity contribution in [1.82, 2.24) is 9.55 Å². The highest BCUT2D eigenvalue weighted by Gasteiger charge is 2.24. The van der Waals surface area contributed by atoms with Crippen LogP contribution in [0.1, 0.15) is 42.9 Å². The summed E-state index contributed by atoms with van der Waals surface area (Å²) in [7, 11) is 0. The largest absolute Gasteiger partial charge is 0.369 e. The number of aromatic nitrogens is 2. The van der Waals surface area contributed by atoms with Crippen LogP contribution in [0.2, 0.25) is 0 Å². The molecule has 0 aliphatic heterocycles. The van der Waals surface area contributed by atoms with Gasteiger partial charge in [0, 0.05) is 24.0 Å². The first-order valence-electron chi connectivity index (χ1n) is 9.12. The van der Waals surface area contributed by atoms with Crippen molar-refractivity contribution in [2.24, 2.45) is 5.73 Å². The number of carbonyl (C=O) groups is 1. The molecule has 3 N–H and O–H groups in total. The second kappa shape index (κ2) is 6.76. The average Bonchev–Trinajstić information content (AvgIpc) is 3.30. The van der Waals surface area contributed by atoms with E-state index in [4.69, 9.17) is 5.73 Å². The van der Waals surface area contributed by atoms with E-state index in [1.807, 2.05) is 30.5 Å². The zero-order valence-corrected chi connectivity index (χ0v) is 14.9. The first kappa shape index (κ1) is 17.1. The lowest BCUT2D eigenvalue weighted by Gasteiger charge is -2.13. The van der Waals surface area contributed by atoms with Crippen LogP contribution >= 0.6 is 0 Å². The number of benzene rings is 1. The van der Waals surface area contributed by atoms with Crippen molar-refractivity contribution in [1.29, 1.82) is 5.26 Å². The minimum absolute atomic E-state index is 0.148. The molecule has 27 heavy (non-hydrogen) atoms. The van der Waals surface area contributed by atoms with Gasteiger partial charge in [-0.2, -0.15) is 5.26 Å². The fraction of sp³-hybridized carbons (Fsp3) is 0.286. The Morgan fingerprint density at radius 1 is 1.33 bits per heavy atom. The Labute approximate surface area is 156 Å². The Kier molecular flexibility index (Phi) is 4.28. The van der Waals surface area contributed by atoms with Gasteiger partial charge in [-0.15, -0.1) is 0 Å². The van der Waals surface area contributed by atoms with Crippen LogP contribution in [0.3, 0.4) is 0 Å². The lowest BCUT2D eigenvalue weighted by Crippen LogP contribution is -2.13. The lowest BCUT2D eigenvalue weighted by atomic mass is 10.0. The number of hydrogen-bond acceptors (Lipinski definition) is 3. The molecule has 6 nitrogen and oxygen atoms in total. The molecule has 1 saturated carbocycles. The zero-order valence-electron chi connectivity index (χ0n) is 14.9. The summed E-state index contributed by atoms with van der Waals surface area (Å²) in [6, 6.07) is 10.0. The number of carbonyl (C=O) groups excluding carboxylic acids is 1.